The number of carboxylic acids is 1. The van der Waals surface area contributed by atoms with Gasteiger partial charge in [-0.1, -0.05) is 0 Å². The van der Waals surface area contributed by atoms with E-state index in [-0.39, 0.29) is 5.88 Å². The lowest BCUT2D eigenvalue weighted by Crippen LogP contribution is -2.31. The van der Waals surface area contributed by atoms with Crippen molar-refractivity contribution in [3.63, 3.8) is 0 Å². The van der Waals surface area contributed by atoms with Crippen LogP contribution >= 0.6 is 0 Å². The van der Waals surface area contributed by atoms with Crippen LogP contribution in [0.5, 0.6) is 11.8 Å². The van der Waals surface area contributed by atoms with Crippen molar-refractivity contribution in [3.8, 4) is 11.8 Å². The average Bonchev–Trinajstić information content (AvgIpc) is 2.92. The Morgan fingerprint density at radius 2 is 2.13 bits per heavy atom. The van der Waals surface area contributed by atoms with Crippen molar-refractivity contribution < 1.29 is 19.4 Å². The Morgan fingerprint density at radius 1 is 1.39 bits per heavy atom. The van der Waals surface area contributed by atoms with Gasteiger partial charge >= 0.3 is 5.97 Å². The minimum Gasteiger partial charge on any atom is -0.481 e. The summed E-state index contributed by atoms with van der Waals surface area (Å²) in [5.74, 6) is 0.357. The monoisotopic (exact) mass is 320 g/mol. The van der Waals surface area contributed by atoms with Gasteiger partial charge in [-0.25, -0.2) is 4.98 Å². The molecule has 0 radical (unpaired) electrons. The molecule has 0 unspecified atom stereocenters. The molecule has 0 fully saturated rings. The molecule has 0 aliphatic carbocycles. The molecule has 1 N–H and O–H groups in total. The smallest absolute Gasteiger partial charge is 0.325 e. The predicted molar refractivity (Wildman–Crippen MR) is 82.4 cm³/mol. The second kappa shape index (κ2) is 7.10. The molecule has 2 rings (SSSR count). The number of aryl methyl sites for hydroxylation is 1. The second-order valence-electron chi connectivity index (χ2n) is 5.06. The normalized spacial score (nSPS) is 12.2. The standard InChI is InChI=1S/C15H20N4O4/c1-18-8-7-16-11(18)9-19(2)13(15(20)21)10-5-6-12(22-3)17-14(10)23-4/h5-8,13H,9H2,1-4H3,(H,20,21)/t13-/m0/s1. The maximum Gasteiger partial charge on any atom is 0.325 e. The number of rotatable bonds is 7. The molecule has 2 aromatic heterocycles. The van der Waals surface area contributed by atoms with E-state index in [1.807, 2.05) is 17.8 Å². The number of aromatic nitrogens is 3. The first-order valence-corrected chi connectivity index (χ1v) is 6.96. The molecule has 8 heteroatoms. The molecule has 0 bridgehead atoms. The van der Waals surface area contributed by atoms with Gasteiger partial charge < -0.3 is 19.1 Å². The van der Waals surface area contributed by atoms with Gasteiger partial charge in [-0.3, -0.25) is 9.69 Å². The van der Waals surface area contributed by atoms with Gasteiger partial charge in [0.2, 0.25) is 11.8 Å². The Balaban J connectivity index is 2.34. The zero-order valence-electron chi connectivity index (χ0n) is 13.6. The summed E-state index contributed by atoms with van der Waals surface area (Å²) in [6.07, 6.45) is 3.49. The van der Waals surface area contributed by atoms with Gasteiger partial charge in [0, 0.05) is 31.1 Å². The van der Waals surface area contributed by atoms with Crippen LogP contribution in [0.2, 0.25) is 0 Å². The van der Waals surface area contributed by atoms with Gasteiger partial charge in [0.05, 0.1) is 20.8 Å². The van der Waals surface area contributed by atoms with E-state index in [0.717, 1.165) is 5.82 Å². The van der Waals surface area contributed by atoms with Crippen molar-refractivity contribution in [2.24, 2.45) is 7.05 Å². The summed E-state index contributed by atoms with van der Waals surface area (Å²) in [6.45, 7) is 0.371. The fourth-order valence-corrected chi connectivity index (χ4v) is 2.34. The van der Waals surface area contributed by atoms with E-state index in [0.29, 0.717) is 18.0 Å². The third-order valence-electron chi connectivity index (χ3n) is 3.55. The minimum absolute atomic E-state index is 0.225. The third kappa shape index (κ3) is 3.59. The van der Waals surface area contributed by atoms with Crippen molar-refractivity contribution in [2.45, 2.75) is 12.6 Å². The fraction of sp³-hybridized carbons (Fsp3) is 0.400. The highest BCUT2D eigenvalue weighted by Crippen LogP contribution is 2.30. The molecular formula is C15H20N4O4. The molecule has 0 aromatic carbocycles. The molecule has 2 heterocycles. The first-order valence-electron chi connectivity index (χ1n) is 6.96. The Morgan fingerprint density at radius 3 is 2.65 bits per heavy atom. The Hall–Kier alpha value is -2.61. The highest BCUT2D eigenvalue weighted by Gasteiger charge is 2.29. The fourth-order valence-electron chi connectivity index (χ4n) is 2.34. The summed E-state index contributed by atoms with van der Waals surface area (Å²) in [5, 5.41) is 9.66. The number of nitrogens with zero attached hydrogens (tertiary/aromatic N) is 4. The van der Waals surface area contributed by atoms with E-state index in [9.17, 15) is 9.90 Å². The first-order chi connectivity index (χ1) is 11.0. The summed E-state index contributed by atoms with van der Waals surface area (Å²) < 4.78 is 12.1. The number of carbonyl (C=O) groups is 1. The molecular weight excluding hydrogens is 300 g/mol. The van der Waals surface area contributed by atoms with Crippen molar-refractivity contribution in [2.75, 3.05) is 21.3 Å². The second-order valence-corrected chi connectivity index (χ2v) is 5.06. The summed E-state index contributed by atoms with van der Waals surface area (Å²) in [7, 11) is 6.52. The minimum atomic E-state index is -0.994. The molecule has 8 nitrogen and oxygen atoms in total. The largest absolute Gasteiger partial charge is 0.481 e. The van der Waals surface area contributed by atoms with Crippen molar-refractivity contribution in [1.82, 2.24) is 19.4 Å². The molecule has 124 valence electrons. The maximum absolute atomic E-state index is 11.8. The van der Waals surface area contributed by atoms with E-state index in [2.05, 4.69) is 9.97 Å². The average molecular weight is 320 g/mol. The number of methoxy groups -OCH3 is 2. The highest BCUT2D eigenvalue weighted by molar-refractivity contribution is 5.76. The van der Waals surface area contributed by atoms with Crippen LogP contribution in [0.25, 0.3) is 0 Å². The van der Waals surface area contributed by atoms with Gasteiger partial charge in [0.15, 0.2) is 0 Å². The lowest BCUT2D eigenvalue weighted by atomic mass is 10.1. The van der Waals surface area contributed by atoms with E-state index in [4.69, 9.17) is 9.47 Å². The number of hydrogen-bond acceptors (Lipinski definition) is 6. The Kier molecular flexibility index (Phi) is 5.17. The third-order valence-corrected chi connectivity index (χ3v) is 3.55. The highest BCUT2D eigenvalue weighted by atomic mass is 16.5. The SMILES string of the molecule is COc1ccc([C@@H](C(=O)O)N(C)Cc2nccn2C)c(OC)n1. The number of aliphatic carboxylic acids is 1. The summed E-state index contributed by atoms with van der Waals surface area (Å²) in [4.78, 5) is 21.8. The lowest BCUT2D eigenvalue weighted by Gasteiger charge is -2.25. The summed E-state index contributed by atoms with van der Waals surface area (Å²) in [6, 6.07) is 2.35. The van der Waals surface area contributed by atoms with Crippen molar-refractivity contribution in [1.29, 1.82) is 0 Å². The zero-order valence-corrected chi connectivity index (χ0v) is 13.6. The first kappa shape index (κ1) is 16.8. The van der Waals surface area contributed by atoms with Crippen LogP contribution in [0.4, 0.5) is 0 Å². The van der Waals surface area contributed by atoms with Gasteiger partial charge in [-0.05, 0) is 13.1 Å². The lowest BCUT2D eigenvalue weighted by molar-refractivity contribution is -0.143. The molecule has 0 saturated heterocycles. The quantitative estimate of drug-likeness (QED) is 0.816. The number of imidazole rings is 1. The molecule has 23 heavy (non-hydrogen) atoms. The van der Waals surface area contributed by atoms with Crippen LogP contribution in [0, 0.1) is 0 Å². The number of carboxylic acid groups (broad SMARTS) is 1. The van der Waals surface area contributed by atoms with Crippen molar-refractivity contribution in [3.05, 3.63) is 35.9 Å². The maximum atomic E-state index is 11.8. The van der Waals surface area contributed by atoms with Crippen LogP contribution in [0.1, 0.15) is 17.4 Å². The van der Waals surface area contributed by atoms with E-state index < -0.39 is 12.0 Å². The van der Waals surface area contributed by atoms with E-state index in [1.54, 1.807) is 30.3 Å². The summed E-state index contributed by atoms with van der Waals surface area (Å²) >= 11 is 0. The topological polar surface area (TPSA) is 89.7 Å². The van der Waals surface area contributed by atoms with Crippen LogP contribution in [0.3, 0.4) is 0 Å². The number of hydrogen-bond donors (Lipinski definition) is 1. The molecule has 0 aliphatic heterocycles. The molecule has 2 aromatic rings. The van der Waals surface area contributed by atoms with Crippen molar-refractivity contribution >= 4 is 5.97 Å². The number of likely N-dealkylation sites (N-methyl/N-ethyl adjacent to an activating group) is 1. The molecule has 0 aliphatic rings. The number of pyridine rings is 1. The van der Waals surface area contributed by atoms with E-state index in [1.165, 1.54) is 14.2 Å². The Bertz CT molecular complexity index is 686. The van der Waals surface area contributed by atoms with Gasteiger partial charge in [-0.15, -0.1) is 0 Å². The van der Waals surface area contributed by atoms with Gasteiger partial charge in [-0.2, -0.15) is 4.98 Å². The summed E-state index contributed by atoms with van der Waals surface area (Å²) in [5.41, 5.74) is 0.456. The number of ether oxygens (including phenoxy) is 2. The van der Waals surface area contributed by atoms with Crippen LogP contribution < -0.4 is 9.47 Å². The molecule has 0 amide bonds. The molecule has 1 atom stereocenters. The van der Waals surface area contributed by atoms with Gasteiger partial charge in [0.1, 0.15) is 11.9 Å². The molecule has 0 spiro atoms. The Labute approximate surface area is 134 Å². The molecule has 0 saturated carbocycles. The predicted octanol–water partition coefficient (Wildman–Crippen LogP) is 1.09. The zero-order chi connectivity index (χ0) is 17.0. The van der Waals surface area contributed by atoms with Crippen LogP contribution in [-0.2, 0) is 18.4 Å². The van der Waals surface area contributed by atoms with Crippen LogP contribution in [0.15, 0.2) is 24.5 Å². The van der Waals surface area contributed by atoms with Crippen LogP contribution in [-0.4, -0.2) is 51.8 Å². The van der Waals surface area contributed by atoms with E-state index >= 15 is 0 Å². The van der Waals surface area contributed by atoms with Gasteiger partial charge in [0.25, 0.3) is 0 Å².